The highest BCUT2D eigenvalue weighted by atomic mass is 32.2. The number of hydrogen-bond donors (Lipinski definition) is 1. The smallest absolute Gasteiger partial charge is 0.178 e. The van der Waals surface area contributed by atoms with Crippen LogP contribution in [-0.2, 0) is 9.84 Å². The molecule has 1 unspecified atom stereocenters. The molecule has 0 spiro atoms. The van der Waals surface area contributed by atoms with Crippen molar-refractivity contribution in [1.82, 2.24) is 0 Å². The van der Waals surface area contributed by atoms with Crippen molar-refractivity contribution in [3.63, 3.8) is 0 Å². The summed E-state index contributed by atoms with van der Waals surface area (Å²) in [6.45, 7) is 3.53. The van der Waals surface area contributed by atoms with Gasteiger partial charge in [-0.15, -0.1) is 0 Å². The van der Waals surface area contributed by atoms with Crippen LogP contribution in [0.2, 0.25) is 0 Å². The van der Waals surface area contributed by atoms with Gasteiger partial charge in [0.25, 0.3) is 0 Å². The molecule has 146 valence electrons. The lowest BCUT2D eigenvalue weighted by Gasteiger charge is -2.25. The Kier molecular flexibility index (Phi) is 5.41. The Bertz CT molecular complexity index is 915. The number of hydrogen-bond acceptors (Lipinski definition) is 3. The zero-order valence-corrected chi connectivity index (χ0v) is 16.3. The van der Waals surface area contributed by atoms with E-state index in [-0.39, 0.29) is 28.0 Å². The van der Waals surface area contributed by atoms with Crippen LogP contribution >= 0.6 is 0 Å². The van der Waals surface area contributed by atoms with Gasteiger partial charge in [0.15, 0.2) is 9.84 Å². The summed E-state index contributed by atoms with van der Waals surface area (Å²) in [6, 6.07) is 9.32. The SMILES string of the molecule is CC(C)(O)C1CC[C@@H](CS(=O)(=O)c2ccc(-c3ccc(F)cc3F)cc2)C1. The lowest BCUT2D eigenvalue weighted by molar-refractivity contribution is 0.0186. The van der Waals surface area contributed by atoms with E-state index in [4.69, 9.17) is 0 Å². The van der Waals surface area contributed by atoms with Gasteiger partial charge >= 0.3 is 0 Å². The topological polar surface area (TPSA) is 54.4 Å². The summed E-state index contributed by atoms with van der Waals surface area (Å²) < 4.78 is 52.4. The molecule has 3 nitrogen and oxygen atoms in total. The molecule has 2 aromatic carbocycles. The second kappa shape index (κ2) is 7.32. The molecule has 0 bridgehead atoms. The quantitative estimate of drug-likeness (QED) is 0.807. The van der Waals surface area contributed by atoms with Crippen LogP contribution in [0.1, 0.15) is 33.1 Å². The van der Waals surface area contributed by atoms with Crippen molar-refractivity contribution >= 4 is 9.84 Å². The summed E-state index contributed by atoms with van der Waals surface area (Å²) in [4.78, 5) is 0.195. The van der Waals surface area contributed by atoms with Crippen molar-refractivity contribution in [2.24, 2.45) is 11.8 Å². The molecule has 2 aromatic rings. The fourth-order valence-corrected chi connectivity index (χ4v) is 5.51. The first-order chi connectivity index (χ1) is 12.6. The third kappa shape index (κ3) is 4.55. The molecule has 6 heteroatoms. The van der Waals surface area contributed by atoms with Crippen molar-refractivity contribution in [2.45, 2.75) is 43.6 Å². The summed E-state index contributed by atoms with van der Waals surface area (Å²) in [7, 11) is -3.46. The zero-order valence-electron chi connectivity index (χ0n) is 15.5. The zero-order chi connectivity index (χ0) is 19.8. The third-order valence-corrected chi connectivity index (χ3v) is 7.35. The van der Waals surface area contributed by atoms with Gasteiger partial charge in [0.2, 0.25) is 0 Å². The summed E-state index contributed by atoms with van der Waals surface area (Å²) in [5.41, 5.74) is -0.0714. The first kappa shape index (κ1) is 20.0. The predicted octanol–water partition coefficient (Wildman–Crippen LogP) is 4.59. The molecule has 1 saturated carbocycles. The predicted molar refractivity (Wildman–Crippen MR) is 101 cm³/mol. The van der Waals surface area contributed by atoms with Crippen LogP contribution in [0.3, 0.4) is 0 Å². The van der Waals surface area contributed by atoms with Crippen LogP contribution in [0.5, 0.6) is 0 Å². The third-order valence-electron chi connectivity index (χ3n) is 5.45. The minimum Gasteiger partial charge on any atom is -0.390 e. The standard InChI is InChI=1S/C21H24F2O3S/c1-21(2,24)16-6-3-14(11-16)13-27(25,26)18-8-4-15(5-9-18)19-10-7-17(22)12-20(19)23/h4-5,7-10,12,14,16,24H,3,6,11,13H2,1-2H3/t14-,16?/m1/s1. The van der Waals surface area contributed by atoms with Gasteiger partial charge < -0.3 is 5.11 Å². The lowest BCUT2D eigenvalue weighted by Crippen LogP contribution is -2.29. The number of benzene rings is 2. The second-order valence-corrected chi connectivity index (χ2v) is 9.99. The van der Waals surface area contributed by atoms with E-state index in [0.717, 1.165) is 18.9 Å². The van der Waals surface area contributed by atoms with Crippen LogP contribution < -0.4 is 0 Å². The van der Waals surface area contributed by atoms with E-state index < -0.39 is 27.1 Å². The van der Waals surface area contributed by atoms with Gasteiger partial charge in [-0.3, -0.25) is 0 Å². The van der Waals surface area contributed by atoms with Crippen LogP contribution in [0, 0.1) is 23.5 Å². The highest BCUT2D eigenvalue weighted by Crippen LogP contribution is 2.39. The van der Waals surface area contributed by atoms with E-state index in [1.165, 1.54) is 36.4 Å². The molecule has 0 heterocycles. The van der Waals surface area contributed by atoms with E-state index in [9.17, 15) is 22.3 Å². The minimum atomic E-state index is -3.46. The Balaban J connectivity index is 1.74. The van der Waals surface area contributed by atoms with Crippen molar-refractivity contribution in [1.29, 1.82) is 0 Å². The molecule has 0 amide bonds. The highest BCUT2D eigenvalue weighted by Gasteiger charge is 2.36. The summed E-state index contributed by atoms with van der Waals surface area (Å²) in [6.07, 6.45) is 2.31. The van der Waals surface area contributed by atoms with Crippen molar-refractivity contribution in [3.8, 4) is 11.1 Å². The highest BCUT2D eigenvalue weighted by molar-refractivity contribution is 7.91. The Morgan fingerprint density at radius 1 is 1.07 bits per heavy atom. The average molecular weight is 394 g/mol. The first-order valence-electron chi connectivity index (χ1n) is 9.07. The van der Waals surface area contributed by atoms with E-state index in [0.29, 0.717) is 12.0 Å². The Morgan fingerprint density at radius 3 is 2.30 bits per heavy atom. The maximum Gasteiger partial charge on any atom is 0.178 e. The van der Waals surface area contributed by atoms with E-state index in [1.54, 1.807) is 13.8 Å². The van der Waals surface area contributed by atoms with E-state index >= 15 is 0 Å². The number of aliphatic hydroxyl groups is 1. The number of sulfone groups is 1. The van der Waals surface area contributed by atoms with Crippen molar-refractivity contribution in [2.75, 3.05) is 5.75 Å². The van der Waals surface area contributed by atoms with Crippen LogP contribution in [0.15, 0.2) is 47.4 Å². The number of rotatable bonds is 5. The minimum absolute atomic E-state index is 0.0284. The maximum atomic E-state index is 13.9. The molecule has 3 rings (SSSR count). The van der Waals surface area contributed by atoms with E-state index in [1.807, 2.05) is 0 Å². The molecule has 2 atom stereocenters. The molecular formula is C21H24F2O3S. The van der Waals surface area contributed by atoms with Crippen molar-refractivity contribution < 1.29 is 22.3 Å². The molecule has 0 aromatic heterocycles. The lowest BCUT2D eigenvalue weighted by atomic mass is 9.89. The fourth-order valence-electron chi connectivity index (χ4n) is 3.84. The Hall–Kier alpha value is -1.79. The van der Waals surface area contributed by atoms with Gasteiger partial charge in [0.1, 0.15) is 11.6 Å². The molecule has 1 fully saturated rings. The maximum absolute atomic E-state index is 13.9. The van der Waals surface area contributed by atoms with Gasteiger partial charge in [0.05, 0.1) is 16.2 Å². The van der Waals surface area contributed by atoms with Crippen molar-refractivity contribution in [3.05, 3.63) is 54.1 Å². The monoisotopic (exact) mass is 394 g/mol. The molecule has 1 N–H and O–H groups in total. The molecule has 0 radical (unpaired) electrons. The largest absolute Gasteiger partial charge is 0.390 e. The Morgan fingerprint density at radius 2 is 1.74 bits per heavy atom. The van der Waals surface area contributed by atoms with Crippen LogP contribution in [0.4, 0.5) is 8.78 Å². The molecule has 0 aliphatic heterocycles. The van der Waals surface area contributed by atoms with E-state index in [2.05, 4.69) is 0 Å². The summed E-state index contributed by atoms with van der Waals surface area (Å²) in [5.74, 6) is -1.16. The van der Waals surface area contributed by atoms with Gasteiger partial charge in [-0.05, 0) is 74.8 Å². The van der Waals surface area contributed by atoms with Crippen LogP contribution in [-0.4, -0.2) is 24.9 Å². The summed E-state index contributed by atoms with van der Waals surface area (Å²) >= 11 is 0. The molecular weight excluding hydrogens is 370 g/mol. The Labute approximate surface area is 159 Å². The first-order valence-corrected chi connectivity index (χ1v) is 10.7. The van der Waals surface area contributed by atoms with Gasteiger partial charge in [-0.1, -0.05) is 12.1 Å². The average Bonchev–Trinajstić information content (AvgIpc) is 3.03. The van der Waals surface area contributed by atoms with Crippen LogP contribution in [0.25, 0.3) is 11.1 Å². The molecule has 27 heavy (non-hydrogen) atoms. The summed E-state index contributed by atoms with van der Waals surface area (Å²) in [5, 5.41) is 10.1. The normalized spacial score (nSPS) is 20.8. The number of halogens is 2. The van der Waals surface area contributed by atoms with Gasteiger partial charge in [-0.25, -0.2) is 17.2 Å². The fraction of sp³-hybridized carbons (Fsp3) is 0.429. The molecule has 1 aliphatic carbocycles. The second-order valence-electron chi connectivity index (χ2n) is 7.96. The van der Waals surface area contributed by atoms with Gasteiger partial charge in [0, 0.05) is 11.6 Å². The molecule has 1 aliphatic rings. The van der Waals surface area contributed by atoms with Gasteiger partial charge in [-0.2, -0.15) is 0 Å². The molecule has 0 saturated heterocycles.